The van der Waals surface area contributed by atoms with Crippen LogP contribution in [0.4, 0.5) is 10.8 Å². The Bertz CT molecular complexity index is 1010. The van der Waals surface area contributed by atoms with Crippen molar-refractivity contribution < 1.29 is 9.90 Å². The van der Waals surface area contributed by atoms with Gasteiger partial charge in [0.15, 0.2) is 5.13 Å². The highest BCUT2D eigenvalue weighted by Gasteiger charge is 2.28. The Morgan fingerprint density at radius 1 is 1.17 bits per heavy atom. The zero-order valence-corrected chi connectivity index (χ0v) is 18.2. The fraction of sp³-hybridized carbons (Fsp3) is 0.333. The zero-order chi connectivity index (χ0) is 21.1. The maximum Gasteiger partial charge on any atom is 0.225 e. The second-order valence-electron chi connectivity index (χ2n) is 7.67. The van der Waals surface area contributed by atoms with E-state index in [9.17, 15) is 9.90 Å². The van der Waals surface area contributed by atoms with Crippen molar-refractivity contribution in [3.8, 4) is 0 Å². The highest BCUT2D eigenvalue weighted by atomic mass is 32.1. The second-order valence-corrected chi connectivity index (χ2v) is 8.51. The molecule has 6 heteroatoms. The minimum absolute atomic E-state index is 0.0112. The molecule has 0 bridgehead atoms. The van der Waals surface area contributed by atoms with Crippen molar-refractivity contribution in [1.29, 1.82) is 0 Å². The zero-order valence-electron chi connectivity index (χ0n) is 17.4. The van der Waals surface area contributed by atoms with Gasteiger partial charge in [0.05, 0.1) is 18.8 Å². The molecule has 0 fully saturated rings. The van der Waals surface area contributed by atoms with E-state index in [-0.39, 0.29) is 12.5 Å². The monoisotopic (exact) mass is 421 g/mol. The van der Waals surface area contributed by atoms with Gasteiger partial charge in [-0.05, 0) is 48.6 Å². The topological polar surface area (TPSA) is 56.7 Å². The quantitative estimate of drug-likeness (QED) is 0.622. The first-order valence-corrected chi connectivity index (χ1v) is 11.2. The average molecular weight is 422 g/mol. The van der Waals surface area contributed by atoms with Gasteiger partial charge in [0.1, 0.15) is 0 Å². The first kappa shape index (κ1) is 20.6. The van der Waals surface area contributed by atoms with Crippen LogP contribution in [0.2, 0.25) is 0 Å². The van der Waals surface area contributed by atoms with E-state index in [0.29, 0.717) is 19.1 Å². The van der Waals surface area contributed by atoms with Gasteiger partial charge in [-0.2, -0.15) is 0 Å². The van der Waals surface area contributed by atoms with E-state index in [1.165, 1.54) is 22.5 Å². The summed E-state index contributed by atoms with van der Waals surface area (Å²) < 4.78 is 0. The number of thiazole rings is 1. The number of aliphatic hydroxyl groups excluding tert-OH is 1. The molecule has 4 rings (SSSR count). The molecule has 0 saturated carbocycles. The molecule has 1 N–H and O–H groups in total. The summed E-state index contributed by atoms with van der Waals surface area (Å²) in [6.07, 6.45) is 1.98. The Morgan fingerprint density at radius 3 is 2.53 bits per heavy atom. The van der Waals surface area contributed by atoms with E-state index in [4.69, 9.17) is 4.98 Å². The number of hydrogen-bond donors (Lipinski definition) is 1. The summed E-state index contributed by atoms with van der Waals surface area (Å²) in [6, 6.07) is 17.1. The number of amides is 1. The van der Waals surface area contributed by atoms with E-state index >= 15 is 0 Å². The number of aliphatic hydroxyl groups is 1. The van der Waals surface area contributed by atoms with Gasteiger partial charge in [0, 0.05) is 30.6 Å². The Morgan fingerprint density at radius 2 is 1.90 bits per heavy atom. The van der Waals surface area contributed by atoms with Crippen LogP contribution in [0.3, 0.4) is 0 Å². The summed E-state index contributed by atoms with van der Waals surface area (Å²) in [6.45, 7) is 4.84. The van der Waals surface area contributed by atoms with Crippen molar-refractivity contribution in [3.63, 3.8) is 0 Å². The van der Waals surface area contributed by atoms with Crippen LogP contribution in [-0.2, 0) is 30.8 Å². The highest BCUT2D eigenvalue weighted by Crippen LogP contribution is 2.31. The maximum atomic E-state index is 11.9. The van der Waals surface area contributed by atoms with Gasteiger partial charge in [-0.15, -0.1) is 11.3 Å². The molecule has 1 aliphatic rings. The maximum absolute atomic E-state index is 11.9. The molecule has 30 heavy (non-hydrogen) atoms. The van der Waals surface area contributed by atoms with Gasteiger partial charge in [-0.1, -0.05) is 36.4 Å². The molecule has 1 aliphatic carbocycles. The van der Waals surface area contributed by atoms with Crippen molar-refractivity contribution in [1.82, 2.24) is 4.98 Å². The number of hydrogen-bond acceptors (Lipinski definition) is 5. The van der Waals surface area contributed by atoms with E-state index < -0.39 is 0 Å². The lowest BCUT2D eigenvalue weighted by atomic mass is 10.1. The smallest absolute Gasteiger partial charge is 0.225 e. The normalized spacial score (nSPS) is 13.3. The molecular weight excluding hydrogens is 394 g/mol. The Labute approximate surface area is 181 Å². The standard InChI is InChI=1S/C24H27N3O2S/c1-3-26(17(2)29)24-25-21(16-30-24)14-27(22-10-6-7-18(11-22)15-28)23-12-19-8-4-5-9-20(19)13-23/h4-11,16,23,28H,3,12-15H2,1-2H3. The number of nitrogens with zero attached hydrogens (tertiary/aromatic N) is 3. The Hall–Kier alpha value is -2.70. The van der Waals surface area contributed by atoms with Gasteiger partial charge in [0.25, 0.3) is 0 Å². The summed E-state index contributed by atoms with van der Waals surface area (Å²) in [7, 11) is 0. The van der Waals surface area contributed by atoms with Crippen LogP contribution in [-0.4, -0.2) is 28.6 Å². The fourth-order valence-corrected chi connectivity index (χ4v) is 5.10. The van der Waals surface area contributed by atoms with Crippen molar-refractivity contribution in [3.05, 3.63) is 76.3 Å². The summed E-state index contributed by atoms with van der Waals surface area (Å²) in [5.74, 6) is 0.0112. The fourth-order valence-electron chi connectivity index (χ4n) is 4.18. The van der Waals surface area contributed by atoms with Crippen LogP contribution in [0, 0.1) is 0 Å². The van der Waals surface area contributed by atoms with Crippen LogP contribution in [0.1, 0.15) is 36.2 Å². The predicted octanol–water partition coefficient (Wildman–Crippen LogP) is 4.18. The number of rotatable bonds is 7. The van der Waals surface area contributed by atoms with Crippen LogP contribution in [0.5, 0.6) is 0 Å². The molecule has 3 aromatic rings. The Balaban J connectivity index is 1.63. The number of fused-ring (bicyclic) bond motifs is 1. The molecule has 156 valence electrons. The molecule has 0 unspecified atom stereocenters. The molecule has 1 amide bonds. The van der Waals surface area contributed by atoms with Gasteiger partial charge in [0.2, 0.25) is 5.91 Å². The lowest BCUT2D eigenvalue weighted by molar-refractivity contribution is -0.116. The first-order chi connectivity index (χ1) is 14.6. The summed E-state index contributed by atoms with van der Waals surface area (Å²) in [4.78, 5) is 20.8. The highest BCUT2D eigenvalue weighted by molar-refractivity contribution is 7.14. The molecule has 2 aromatic carbocycles. The number of benzene rings is 2. The molecule has 1 heterocycles. The van der Waals surface area contributed by atoms with E-state index in [1.807, 2.05) is 24.4 Å². The molecular formula is C24H27N3O2S. The summed E-state index contributed by atoms with van der Waals surface area (Å²) >= 11 is 1.51. The minimum Gasteiger partial charge on any atom is -0.392 e. The second kappa shape index (κ2) is 8.98. The SMILES string of the molecule is CCN(C(C)=O)c1nc(CN(c2cccc(CO)c2)C2Cc3ccccc3C2)cs1. The van der Waals surface area contributed by atoms with Gasteiger partial charge in [-0.25, -0.2) is 4.98 Å². The molecule has 0 radical (unpaired) electrons. The van der Waals surface area contributed by atoms with Crippen molar-refractivity contribution in [2.75, 3.05) is 16.3 Å². The Kier molecular flexibility index (Phi) is 6.16. The lowest BCUT2D eigenvalue weighted by Gasteiger charge is -2.31. The molecule has 0 atom stereocenters. The number of aromatic nitrogens is 1. The molecule has 0 spiro atoms. The van der Waals surface area contributed by atoms with E-state index in [2.05, 4.69) is 41.3 Å². The minimum atomic E-state index is 0.0112. The average Bonchev–Trinajstić information content (AvgIpc) is 3.39. The lowest BCUT2D eigenvalue weighted by Crippen LogP contribution is -2.35. The van der Waals surface area contributed by atoms with Gasteiger partial charge >= 0.3 is 0 Å². The van der Waals surface area contributed by atoms with Crippen LogP contribution in [0.15, 0.2) is 53.9 Å². The molecule has 0 saturated heterocycles. The van der Waals surface area contributed by atoms with E-state index in [1.54, 1.807) is 11.8 Å². The van der Waals surface area contributed by atoms with Crippen LogP contribution >= 0.6 is 11.3 Å². The third kappa shape index (κ3) is 4.25. The van der Waals surface area contributed by atoms with Crippen LogP contribution < -0.4 is 9.80 Å². The molecule has 5 nitrogen and oxygen atoms in total. The molecule has 0 aliphatic heterocycles. The van der Waals surface area contributed by atoms with E-state index in [0.717, 1.165) is 34.9 Å². The number of carbonyl (C=O) groups excluding carboxylic acids is 1. The summed E-state index contributed by atoms with van der Waals surface area (Å²) in [5.41, 5.74) is 5.76. The number of anilines is 2. The third-order valence-electron chi connectivity index (χ3n) is 5.69. The van der Waals surface area contributed by atoms with Gasteiger partial charge < -0.3 is 10.0 Å². The van der Waals surface area contributed by atoms with Crippen LogP contribution in [0.25, 0.3) is 0 Å². The summed E-state index contributed by atoms with van der Waals surface area (Å²) in [5, 5.41) is 12.4. The largest absolute Gasteiger partial charge is 0.392 e. The predicted molar refractivity (Wildman–Crippen MR) is 122 cm³/mol. The van der Waals surface area contributed by atoms with Crippen molar-refractivity contribution >= 4 is 28.1 Å². The van der Waals surface area contributed by atoms with Gasteiger partial charge in [-0.3, -0.25) is 9.69 Å². The van der Waals surface area contributed by atoms with Crippen molar-refractivity contribution in [2.45, 2.75) is 45.9 Å². The third-order valence-corrected chi connectivity index (χ3v) is 6.61. The number of carbonyl (C=O) groups is 1. The van der Waals surface area contributed by atoms with Crippen molar-refractivity contribution in [2.24, 2.45) is 0 Å². The molecule has 1 aromatic heterocycles. The first-order valence-electron chi connectivity index (χ1n) is 10.3.